The van der Waals surface area contributed by atoms with Crippen molar-refractivity contribution in [2.24, 2.45) is 5.84 Å². The van der Waals surface area contributed by atoms with E-state index >= 15 is 0 Å². The summed E-state index contributed by atoms with van der Waals surface area (Å²) >= 11 is 9.26. The van der Waals surface area contributed by atoms with Gasteiger partial charge < -0.3 is 5.43 Å². The average molecular weight is 304 g/mol. The van der Waals surface area contributed by atoms with Gasteiger partial charge >= 0.3 is 0 Å². The van der Waals surface area contributed by atoms with Crippen LogP contribution < -0.4 is 11.3 Å². The van der Waals surface area contributed by atoms with Crippen LogP contribution in [0.4, 0.5) is 5.82 Å². The van der Waals surface area contributed by atoms with Crippen molar-refractivity contribution in [1.82, 2.24) is 19.7 Å². The molecule has 0 aromatic carbocycles. The lowest BCUT2D eigenvalue weighted by molar-refractivity contribution is 0.820. The van der Waals surface area contributed by atoms with E-state index in [1.807, 2.05) is 6.92 Å². The first-order chi connectivity index (χ1) is 7.63. The SMILES string of the molecule is Cc1nn(-c2ncnc(NN)c2Br)cc1Cl. The Labute approximate surface area is 105 Å². The average Bonchev–Trinajstić information content (AvgIpc) is 2.59. The fourth-order valence-electron chi connectivity index (χ4n) is 1.17. The summed E-state index contributed by atoms with van der Waals surface area (Å²) in [5.74, 6) is 6.36. The zero-order chi connectivity index (χ0) is 11.7. The van der Waals surface area contributed by atoms with Crippen molar-refractivity contribution in [1.29, 1.82) is 0 Å². The van der Waals surface area contributed by atoms with E-state index in [2.05, 4.69) is 36.4 Å². The molecule has 0 amide bonds. The molecule has 0 fully saturated rings. The van der Waals surface area contributed by atoms with Crippen LogP contribution in [0.1, 0.15) is 5.69 Å². The number of aromatic nitrogens is 4. The maximum absolute atomic E-state index is 5.92. The number of hydrogen-bond donors (Lipinski definition) is 2. The highest BCUT2D eigenvalue weighted by atomic mass is 79.9. The number of nitrogens with two attached hydrogens (primary N) is 1. The number of rotatable bonds is 2. The maximum atomic E-state index is 5.92. The summed E-state index contributed by atoms with van der Waals surface area (Å²) < 4.78 is 2.18. The predicted octanol–water partition coefficient (Wildman–Crippen LogP) is 1.67. The largest absolute Gasteiger partial charge is 0.307 e. The number of nitrogens with one attached hydrogen (secondary N) is 1. The van der Waals surface area contributed by atoms with Gasteiger partial charge in [-0.05, 0) is 22.9 Å². The van der Waals surface area contributed by atoms with Crippen LogP contribution in [0.2, 0.25) is 5.02 Å². The molecule has 0 saturated heterocycles. The van der Waals surface area contributed by atoms with E-state index in [0.717, 1.165) is 5.69 Å². The third-order valence-electron chi connectivity index (χ3n) is 1.96. The lowest BCUT2D eigenvalue weighted by Gasteiger charge is -2.06. The van der Waals surface area contributed by atoms with Gasteiger partial charge in [0.1, 0.15) is 10.8 Å². The third kappa shape index (κ3) is 1.89. The Kier molecular flexibility index (Phi) is 3.08. The highest BCUT2D eigenvalue weighted by Gasteiger charge is 2.12. The second-order valence-electron chi connectivity index (χ2n) is 3.01. The van der Waals surface area contributed by atoms with Crippen molar-refractivity contribution in [3.05, 3.63) is 27.7 Å². The Morgan fingerprint density at radius 3 is 2.81 bits per heavy atom. The second kappa shape index (κ2) is 4.36. The van der Waals surface area contributed by atoms with E-state index in [1.54, 1.807) is 10.9 Å². The van der Waals surface area contributed by atoms with Crippen molar-refractivity contribution in [3.63, 3.8) is 0 Å². The van der Waals surface area contributed by atoms with E-state index in [0.29, 0.717) is 21.1 Å². The van der Waals surface area contributed by atoms with Crippen LogP contribution in [0.15, 0.2) is 17.0 Å². The van der Waals surface area contributed by atoms with Crippen LogP contribution in [0.25, 0.3) is 5.82 Å². The first kappa shape index (κ1) is 11.3. The normalized spacial score (nSPS) is 10.5. The number of nitrogens with zero attached hydrogens (tertiary/aromatic N) is 4. The predicted molar refractivity (Wildman–Crippen MR) is 64.4 cm³/mol. The number of anilines is 1. The summed E-state index contributed by atoms with van der Waals surface area (Å²) in [5.41, 5.74) is 3.19. The molecule has 0 aliphatic carbocycles. The van der Waals surface area contributed by atoms with E-state index in [4.69, 9.17) is 17.4 Å². The van der Waals surface area contributed by atoms with Crippen molar-refractivity contribution in [2.45, 2.75) is 6.92 Å². The van der Waals surface area contributed by atoms with Gasteiger partial charge in [0.05, 0.1) is 16.9 Å². The minimum absolute atomic E-state index is 0.481. The van der Waals surface area contributed by atoms with Crippen LogP contribution in [-0.4, -0.2) is 19.7 Å². The Balaban J connectivity index is 2.55. The molecule has 0 bridgehead atoms. The number of nitrogen functional groups attached to an aromatic ring is 1. The Bertz CT molecular complexity index is 506. The fourth-order valence-corrected chi connectivity index (χ4v) is 1.80. The van der Waals surface area contributed by atoms with Crippen LogP contribution in [-0.2, 0) is 0 Å². The van der Waals surface area contributed by atoms with Crippen molar-refractivity contribution in [2.75, 3.05) is 5.43 Å². The first-order valence-electron chi connectivity index (χ1n) is 4.32. The molecule has 0 aliphatic heterocycles. The van der Waals surface area contributed by atoms with Crippen LogP contribution in [0, 0.1) is 6.92 Å². The zero-order valence-corrected chi connectivity index (χ0v) is 10.6. The molecule has 6 nitrogen and oxygen atoms in total. The highest BCUT2D eigenvalue weighted by molar-refractivity contribution is 9.10. The van der Waals surface area contributed by atoms with E-state index < -0.39 is 0 Å². The van der Waals surface area contributed by atoms with Crippen molar-refractivity contribution in [3.8, 4) is 5.82 Å². The highest BCUT2D eigenvalue weighted by Crippen LogP contribution is 2.25. The summed E-state index contributed by atoms with van der Waals surface area (Å²) in [4.78, 5) is 8.04. The summed E-state index contributed by atoms with van der Waals surface area (Å²) in [5, 5.41) is 4.79. The Morgan fingerprint density at radius 2 is 2.25 bits per heavy atom. The zero-order valence-electron chi connectivity index (χ0n) is 8.28. The lowest BCUT2D eigenvalue weighted by Crippen LogP contribution is -2.11. The molecule has 3 N–H and O–H groups in total. The molecule has 2 aromatic rings. The van der Waals surface area contributed by atoms with E-state index in [1.165, 1.54) is 6.33 Å². The van der Waals surface area contributed by atoms with Crippen LogP contribution in [0.5, 0.6) is 0 Å². The molecule has 0 aliphatic rings. The summed E-state index contributed by atoms with van der Waals surface area (Å²) in [6, 6.07) is 0. The van der Waals surface area contributed by atoms with E-state index in [-0.39, 0.29) is 0 Å². The van der Waals surface area contributed by atoms with Gasteiger partial charge in [-0.3, -0.25) is 0 Å². The lowest BCUT2D eigenvalue weighted by atomic mass is 10.5. The second-order valence-corrected chi connectivity index (χ2v) is 4.21. The number of halogens is 2. The molecule has 84 valence electrons. The maximum Gasteiger partial charge on any atom is 0.173 e. The minimum atomic E-state index is 0.481. The molecular weight excluding hydrogens is 295 g/mol. The Hall–Kier alpha value is -1.18. The molecule has 0 radical (unpaired) electrons. The van der Waals surface area contributed by atoms with Crippen LogP contribution in [0.3, 0.4) is 0 Å². The molecule has 2 aromatic heterocycles. The number of aryl methyl sites for hydroxylation is 1. The fraction of sp³-hybridized carbons (Fsp3) is 0.125. The molecule has 2 heterocycles. The standard InChI is InChI=1S/C8H8BrClN6/c1-4-5(10)2-16(15-4)8-6(9)7(14-11)12-3-13-8/h2-3H,11H2,1H3,(H,12,13,14). The number of hydrazine groups is 1. The smallest absolute Gasteiger partial charge is 0.173 e. The van der Waals surface area contributed by atoms with Gasteiger partial charge in [0.25, 0.3) is 0 Å². The Morgan fingerprint density at radius 1 is 1.50 bits per heavy atom. The quantitative estimate of drug-likeness (QED) is 0.651. The van der Waals surface area contributed by atoms with Gasteiger partial charge in [-0.2, -0.15) is 5.10 Å². The molecule has 0 unspecified atom stereocenters. The van der Waals surface area contributed by atoms with Crippen molar-refractivity contribution >= 4 is 33.3 Å². The summed E-state index contributed by atoms with van der Waals surface area (Å²) in [7, 11) is 0. The first-order valence-corrected chi connectivity index (χ1v) is 5.50. The van der Waals surface area contributed by atoms with E-state index in [9.17, 15) is 0 Å². The molecule has 16 heavy (non-hydrogen) atoms. The molecule has 8 heteroatoms. The molecular formula is C8H8BrClN6. The van der Waals surface area contributed by atoms with Gasteiger partial charge in [0, 0.05) is 0 Å². The van der Waals surface area contributed by atoms with Gasteiger partial charge in [-0.15, -0.1) is 0 Å². The van der Waals surface area contributed by atoms with Gasteiger partial charge in [-0.25, -0.2) is 20.5 Å². The molecule has 0 saturated carbocycles. The van der Waals surface area contributed by atoms with Crippen molar-refractivity contribution < 1.29 is 0 Å². The minimum Gasteiger partial charge on any atom is -0.307 e. The number of hydrogen-bond acceptors (Lipinski definition) is 5. The molecule has 2 rings (SSSR count). The van der Waals surface area contributed by atoms with Gasteiger partial charge in [0.15, 0.2) is 11.6 Å². The topological polar surface area (TPSA) is 81.7 Å². The summed E-state index contributed by atoms with van der Waals surface area (Å²) in [6.07, 6.45) is 3.06. The van der Waals surface area contributed by atoms with Gasteiger partial charge in [-0.1, -0.05) is 11.6 Å². The van der Waals surface area contributed by atoms with Gasteiger partial charge in [0.2, 0.25) is 0 Å². The molecule has 0 spiro atoms. The summed E-state index contributed by atoms with van der Waals surface area (Å²) in [6.45, 7) is 1.82. The monoisotopic (exact) mass is 302 g/mol. The third-order valence-corrected chi connectivity index (χ3v) is 3.07. The molecule has 0 atom stereocenters. The van der Waals surface area contributed by atoms with Crippen LogP contribution >= 0.6 is 27.5 Å².